The Morgan fingerprint density at radius 3 is 2.42 bits per heavy atom. The number of nitrogens with zero attached hydrogens (tertiary/aromatic N) is 3. The van der Waals surface area contributed by atoms with Crippen molar-refractivity contribution < 1.29 is 9.18 Å². The molecule has 0 radical (unpaired) electrons. The SMILES string of the molecule is Cc1ccccc1-n1ncc(C(=O)N(C)C(C)c2ccc(F)cc2)c1C. The van der Waals surface area contributed by atoms with Crippen LogP contribution in [0.5, 0.6) is 0 Å². The van der Waals surface area contributed by atoms with Gasteiger partial charge in [-0.05, 0) is 50.1 Å². The highest BCUT2D eigenvalue weighted by Crippen LogP contribution is 2.23. The van der Waals surface area contributed by atoms with E-state index in [1.54, 1.807) is 35.0 Å². The van der Waals surface area contributed by atoms with Crippen molar-refractivity contribution in [3.05, 3.63) is 82.9 Å². The maximum absolute atomic E-state index is 13.1. The first kappa shape index (κ1) is 17.9. The van der Waals surface area contributed by atoms with Crippen LogP contribution in [0.2, 0.25) is 0 Å². The zero-order chi connectivity index (χ0) is 18.8. The third-order valence-corrected chi connectivity index (χ3v) is 4.84. The lowest BCUT2D eigenvalue weighted by Gasteiger charge is -2.25. The Morgan fingerprint density at radius 1 is 1.12 bits per heavy atom. The summed E-state index contributed by atoms with van der Waals surface area (Å²) in [6.45, 7) is 5.83. The van der Waals surface area contributed by atoms with Crippen molar-refractivity contribution in [1.29, 1.82) is 0 Å². The molecule has 1 heterocycles. The van der Waals surface area contributed by atoms with Crippen LogP contribution in [0.3, 0.4) is 0 Å². The molecule has 1 aromatic heterocycles. The fourth-order valence-corrected chi connectivity index (χ4v) is 2.99. The van der Waals surface area contributed by atoms with Gasteiger partial charge in [-0.3, -0.25) is 4.79 Å². The number of carbonyl (C=O) groups excluding carboxylic acids is 1. The minimum atomic E-state index is -0.287. The predicted molar refractivity (Wildman–Crippen MR) is 99.9 cm³/mol. The van der Waals surface area contributed by atoms with Gasteiger partial charge in [-0.2, -0.15) is 5.10 Å². The maximum atomic E-state index is 13.1. The summed E-state index contributed by atoms with van der Waals surface area (Å²) in [6.07, 6.45) is 1.61. The van der Waals surface area contributed by atoms with Crippen molar-refractivity contribution in [2.24, 2.45) is 0 Å². The Labute approximate surface area is 152 Å². The third kappa shape index (κ3) is 3.25. The molecule has 134 valence electrons. The zero-order valence-corrected chi connectivity index (χ0v) is 15.4. The molecule has 1 amide bonds. The van der Waals surface area contributed by atoms with Gasteiger partial charge in [-0.25, -0.2) is 9.07 Å². The number of aromatic nitrogens is 2. The Balaban J connectivity index is 1.88. The van der Waals surface area contributed by atoms with Gasteiger partial charge in [0, 0.05) is 7.05 Å². The van der Waals surface area contributed by atoms with Crippen LogP contribution >= 0.6 is 0 Å². The van der Waals surface area contributed by atoms with Gasteiger partial charge in [0.25, 0.3) is 5.91 Å². The molecule has 0 saturated heterocycles. The molecule has 0 aliphatic carbocycles. The highest BCUT2D eigenvalue weighted by Gasteiger charge is 2.23. The van der Waals surface area contributed by atoms with E-state index >= 15 is 0 Å². The largest absolute Gasteiger partial charge is 0.335 e. The molecule has 0 aliphatic rings. The Bertz CT molecular complexity index is 931. The van der Waals surface area contributed by atoms with Gasteiger partial charge in [0.1, 0.15) is 5.82 Å². The maximum Gasteiger partial charge on any atom is 0.257 e. The van der Waals surface area contributed by atoms with Gasteiger partial charge < -0.3 is 4.90 Å². The topological polar surface area (TPSA) is 38.1 Å². The molecule has 3 rings (SSSR count). The van der Waals surface area contributed by atoms with E-state index in [0.29, 0.717) is 5.56 Å². The predicted octanol–water partition coefficient (Wildman–Crippen LogP) is 4.46. The molecule has 4 nitrogen and oxygen atoms in total. The lowest BCUT2D eigenvalue weighted by Crippen LogP contribution is -2.30. The van der Waals surface area contributed by atoms with E-state index in [4.69, 9.17) is 0 Å². The highest BCUT2D eigenvalue weighted by atomic mass is 19.1. The lowest BCUT2D eigenvalue weighted by molar-refractivity contribution is 0.0742. The van der Waals surface area contributed by atoms with Crippen LogP contribution in [0.15, 0.2) is 54.7 Å². The summed E-state index contributed by atoms with van der Waals surface area (Å²) in [5.41, 5.74) is 4.28. The van der Waals surface area contributed by atoms with Gasteiger partial charge in [-0.1, -0.05) is 30.3 Å². The smallest absolute Gasteiger partial charge is 0.257 e. The van der Waals surface area contributed by atoms with Crippen LogP contribution in [0.1, 0.15) is 40.1 Å². The first-order valence-electron chi connectivity index (χ1n) is 8.53. The number of hydrogen-bond donors (Lipinski definition) is 0. The number of halogens is 1. The zero-order valence-electron chi connectivity index (χ0n) is 15.4. The van der Waals surface area contributed by atoms with Crippen molar-refractivity contribution in [2.75, 3.05) is 7.05 Å². The molecule has 1 atom stereocenters. The summed E-state index contributed by atoms with van der Waals surface area (Å²) in [7, 11) is 1.75. The van der Waals surface area contributed by atoms with Crippen LogP contribution < -0.4 is 0 Å². The Morgan fingerprint density at radius 2 is 1.77 bits per heavy atom. The van der Waals surface area contributed by atoms with Gasteiger partial charge in [-0.15, -0.1) is 0 Å². The molecular weight excluding hydrogens is 329 g/mol. The van der Waals surface area contributed by atoms with Crippen LogP contribution in [0.4, 0.5) is 4.39 Å². The average molecular weight is 351 g/mol. The van der Waals surface area contributed by atoms with E-state index in [9.17, 15) is 9.18 Å². The molecule has 0 fully saturated rings. The molecule has 1 unspecified atom stereocenters. The molecule has 0 N–H and O–H groups in total. The summed E-state index contributed by atoms with van der Waals surface area (Å²) in [5.74, 6) is -0.399. The van der Waals surface area contributed by atoms with Crippen LogP contribution in [0, 0.1) is 19.7 Å². The first-order chi connectivity index (χ1) is 12.4. The summed E-state index contributed by atoms with van der Waals surface area (Å²) >= 11 is 0. The van der Waals surface area contributed by atoms with Crippen molar-refractivity contribution in [3.63, 3.8) is 0 Å². The molecule has 0 aliphatic heterocycles. The number of amides is 1. The molecule has 0 spiro atoms. The number of aryl methyl sites for hydroxylation is 1. The normalized spacial score (nSPS) is 12.0. The van der Waals surface area contributed by atoms with Crippen molar-refractivity contribution in [2.45, 2.75) is 26.8 Å². The van der Waals surface area contributed by atoms with Gasteiger partial charge in [0.05, 0.1) is 29.2 Å². The first-order valence-corrected chi connectivity index (χ1v) is 8.53. The minimum Gasteiger partial charge on any atom is -0.335 e. The fraction of sp³-hybridized carbons (Fsp3) is 0.238. The summed E-state index contributed by atoms with van der Waals surface area (Å²) < 4.78 is 14.9. The molecule has 3 aromatic rings. The molecular formula is C21H22FN3O. The second kappa shape index (κ2) is 7.12. The number of carbonyl (C=O) groups is 1. The van der Waals surface area contributed by atoms with Gasteiger partial charge >= 0.3 is 0 Å². The number of para-hydroxylation sites is 1. The van der Waals surface area contributed by atoms with Crippen LogP contribution in [0.25, 0.3) is 5.69 Å². The molecule has 26 heavy (non-hydrogen) atoms. The second-order valence-electron chi connectivity index (χ2n) is 6.49. The number of rotatable bonds is 4. The van der Waals surface area contributed by atoms with Crippen LogP contribution in [-0.2, 0) is 0 Å². The summed E-state index contributed by atoms with van der Waals surface area (Å²) in [6, 6.07) is 14.0. The van der Waals surface area contributed by atoms with E-state index in [1.165, 1.54) is 12.1 Å². The second-order valence-corrected chi connectivity index (χ2v) is 6.49. The average Bonchev–Trinajstić information content (AvgIpc) is 3.02. The van der Waals surface area contributed by atoms with E-state index in [2.05, 4.69) is 5.10 Å². The summed E-state index contributed by atoms with van der Waals surface area (Å²) in [5, 5.41) is 4.41. The molecule has 2 aromatic carbocycles. The van der Waals surface area contributed by atoms with E-state index in [0.717, 1.165) is 22.5 Å². The van der Waals surface area contributed by atoms with Gasteiger partial charge in [0.2, 0.25) is 0 Å². The monoisotopic (exact) mass is 351 g/mol. The highest BCUT2D eigenvalue weighted by molar-refractivity contribution is 5.95. The standard InChI is InChI=1S/C21H22FN3O/c1-14-7-5-6-8-20(14)25-16(3)19(13-23-25)21(26)24(4)15(2)17-9-11-18(22)12-10-17/h5-13,15H,1-4H3. The summed E-state index contributed by atoms with van der Waals surface area (Å²) in [4.78, 5) is 14.6. The van der Waals surface area contributed by atoms with Crippen LogP contribution in [-0.4, -0.2) is 27.6 Å². The van der Waals surface area contributed by atoms with E-state index in [-0.39, 0.29) is 17.8 Å². The van der Waals surface area contributed by atoms with E-state index < -0.39 is 0 Å². The van der Waals surface area contributed by atoms with Crippen molar-refractivity contribution in [3.8, 4) is 5.69 Å². The number of benzene rings is 2. The van der Waals surface area contributed by atoms with Gasteiger partial charge in [0.15, 0.2) is 0 Å². The Kier molecular flexibility index (Phi) is 4.89. The molecule has 0 saturated carbocycles. The molecule has 5 heteroatoms. The third-order valence-electron chi connectivity index (χ3n) is 4.84. The number of hydrogen-bond acceptors (Lipinski definition) is 2. The lowest BCUT2D eigenvalue weighted by atomic mass is 10.1. The minimum absolute atomic E-state index is 0.112. The quantitative estimate of drug-likeness (QED) is 0.696. The van der Waals surface area contributed by atoms with E-state index in [1.807, 2.05) is 45.0 Å². The Hall–Kier alpha value is -2.95. The fourth-order valence-electron chi connectivity index (χ4n) is 2.99. The van der Waals surface area contributed by atoms with Crippen molar-refractivity contribution in [1.82, 2.24) is 14.7 Å². The molecule has 0 bridgehead atoms. The van der Waals surface area contributed by atoms with Crippen molar-refractivity contribution >= 4 is 5.91 Å².